The molecule has 3 N–H and O–H groups in total. The first-order valence-corrected chi connectivity index (χ1v) is 5.29. The van der Waals surface area contributed by atoms with E-state index in [0.717, 1.165) is 0 Å². The molecule has 0 radical (unpaired) electrons. The molecule has 0 unspecified atom stereocenters. The van der Waals surface area contributed by atoms with Gasteiger partial charge in [0.25, 0.3) is 0 Å². The van der Waals surface area contributed by atoms with E-state index >= 15 is 0 Å². The summed E-state index contributed by atoms with van der Waals surface area (Å²) in [6.45, 7) is -0.138. The van der Waals surface area contributed by atoms with Crippen LogP contribution in [-0.2, 0) is 9.50 Å². The Morgan fingerprint density at radius 1 is 1.63 bits per heavy atom. The predicted molar refractivity (Wildman–Crippen MR) is 65.2 cm³/mol. The summed E-state index contributed by atoms with van der Waals surface area (Å²) in [6, 6.07) is 1.61. The van der Waals surface area contributed by atoms with Crippen molar-refractivity contribution in [3.8, 4) is 0 Å². The Bertz CT molecular complexity index is 483. The minimum atomic E-state index is -1.17. The molecule has 0 aliphatic carbocycles. The fourth-order valence-corrected chi connectivity index (χ4v) is 1.32. The molecular formula is C9H11BN4O5. The molecular weight excluding hydrogens is 255 g/mol. The average molecular weight is 266 g/mol. The Balaban J connectivity index is 2.71. The number of pyridine rings is 1. The normalized spacial score (nSPS) is 11.4. The standard InChI is InChI=1S/C9H11BN4O5/c15-9(16)6(13-5-10-17)4-12-8-7(14(18)19)2-1-3-11-8/h1-3,6,13H,4-5H2,(H,11,12)(H,15,16)/t6-/m0/s1. The molecule has 0 fully saturated rings. The number of aliphatic carboxylic acids is 1. The molecule has 0 aliphatic heterocycles. The summed E-state index contributed by atoms with van der Waals surface area (Å²) in [5.41, 5.74) is -0.248. The van der Waals surface area contributed by atoms with Crippen LogP contribution in [0.4, 0.5) is 11.5 Å². The monoisotopic (exact) mass is 266 g/mol. The van der Waals surface area contributed by atoms with Crippen LogP contribution in [0.25, 0.3) is 0 Å². The van der Waals surface area contributed by atoms with Crippen LogP contribution in [0.3, 0.4) is 0 Å². The molecule has 0 saturated carbocycles. The first-order chi connectivity index (χ1) is 9.06. The molecule has 1 aromatic heterocycles. The van der Waals surface area contributed by atoms with Gasteiger partial charge in [-0.15, -0.1) is 0 Å². The van der Waals surface area contributed by atoms with Gasteiger partial charge in [-0.25, -0.2) is 0 Å². The number of nitro groups is 1. The van der Waals surface area contributed by atoms with Gasteiger partial charge in [-0.1, -0.05) is 0 Å². The van der Waals surface area contributed by atoms with Gasteiger partial charge in [0.2, 0.25) is 0 Å². The van der Waals surface area contributed by atoms with Crippen LogP contribution in [0.15, 0.2) is 18.3 Å². The zero-order valence-electron chi connectivity index (χ0n) is 9.78. The van der Waals surface area contributed by atoms with Crippen LogP contribution >= 0.6 is 0 Å². The van der Waals surface area contributed by atoms with Crippen molar-refractivity contribution in [2.45, 2.75) is 6.04 Å². The van der Waals surface area contributed by atoms with Gasteiger partial charge < -0.3 is 0 Å². The third-order valence-corrected chi connectivity index (χ3v) is 2.20. The van der Waals surface area contributed by atoms with E-state index in [4.69, 9.17) is 5.11 Å². The van der Waals surface area contributed by atoms with Gasteiger partial charge in [0.05, 0.1) is 0 Å². The summed E-state index contributed by atoms with van der Waals surface area (Å²) in [7, 11) is 0.527. The van der Waals surface area contributed by atoms with Gasteiger partial charge in [0.15, 0.2) is 0 Å². The quantitative estimate of drug-likeness (QED) is 0.324. The van der Waals surface area contributed by atoms with Crippen molar-refractivity contribution in [3.63, 3.8) is 0 Å². The van der Waals surface area contributed by atoms with Crippen molar-refractivity contribution in [1.29, 1.82) is 0 Å². The van der Waals surface area contributed by atoms with Crippen molar-refractivity contribution < 1.29 is 19.5 Å². The molecule has 10 heteroatoms. The van der Waals surface area contributed by atoms with Crippen molar-refractivity contribution >= 4 is 24.6 Å². The fraction of sp³-hybridized carbons (Fsp3) is 0.333. The van der Waals surface area contributed by atoms with Crippen molar-refractivity contribution in [2.24, 2.45) is 0 Å². The second-order valence-electron chi connectivity index (χ2n) is 3.47. The average Bonchev–Trinajstić information content (AvgIpc) is 2.38. The molecule has 0 aromatic carbocycles. The summed E-state index contributed by atoms with van der Waals surface area (Å²) < 4.78 is 10.2. The molecule has 0 amide bonds. The van der Waals surface area contributed by atoms with E-state index in [2.05, 4.69) is 15.6 Å². The summed E-state index contributed by atoms with van der Waals surface area (Å²) in [4.78, 5) is 24.7. The van der Waals surface area contributed by atoms with Gasteiger partial charge in [0, 0.05) is 0 Å². The number of anilines is 1. The number of nitrogens with zero attached hydrogens (tertiary/aromatic N) is 2. The van der Waals surface area contributed by atoms with Crippen molar-refractivity contribution in [1.82, 2.24) is 10.3 Å². The van der Waals surface area contributed by atoms with Crippen LogP contribution in [0.1, 0.15) is 0 Å². The molecule has 100 valence electrons. The van der Waals surface area contributed by atoms with Crippen LogP contribution in [-0.4, -0.2) is 47.2 Å². The van der Waals surface area contributed by atoms with E-state index in [-0.39, 0.29) is 24.5 Å². The maximum atomic E-state index is 10.9. The Kier molecular flexibility index (Phi) is 5.54. The summed E-state index contributed by atoms with van der Waals surface area (Å²) in [5, 5.41) is 24.6. The topological polar surface area (TPSA) is 134 Å². The molecule has 0 aliphatic rings. The predicted octanol–water partition coefficient (Wildman–Crippen LogP) is -0.548. The Morgan fingerprint density at radius 2 is 2.37 bits per heavy atom. The Labute approximate surface area is 108 Å². The van der Waals surface area contributed by atoms with Crippen molar-refractivity contribution in [3.05, 3.63) is 28.4 Å². The molecule has 0 saturated heterocycles. The van der Waals surface area contributed by atoms with E-state index < -0.39 is 16.9 Å². The van der Waals surface area contributed by atoms with Crippen LogP contribution < -0.4 is 10.6 Å². The van der Waals surface area contributed by atoms with Crippen LogP contribution in [0.5, 0.6) is 0 Å². The van der Waals surface area contributed by atoms with E-state index in [1.165, 1.54) is 18.3 Å². The van der Waals surface area contributed by atoms with Crippen LogP contribution in [0, 0.1) is 10.1 Å². The number of carboxylic acid groups (broad SMARTS) is 1. The molecule has 0 bridgehead atoms. The third-order valence-electron chi connectivity index (χ3n) is 2.20. The summed E-state index contributed by atoms with van der Waals surface area (Å²) in [5.74, 6) is -1.19. The minimum absolute atomic E-state index is 0.0216. The van der Waals surface area contributed by atoms with E-state index in [1.807, 2.05) is 0 Å². The molecule has 1 aromatic rings. The van der Waals surface area contributed by atoms with Crippen LogP contribution in [0.2, 0.25) is 0 Å². The number of aromatic nitrogens is 1. The molecule has 1 heterocycles. The second kappa shape index (κ2) is 7.16. The fourth-order valence-electron chi connectivity index (χ4n) is 1.32. The number of carbonyl (C=O) groups is 1. The number of carboxylic acids is 1. The van der Waals surface area contributed by atoms with Gasteiger partial charge in [0.1, 0.15) is 0 Å². The molecule has 9 nitrogen and oxygen atoms in total. The second-order valence-corrected chi connectivity index (χ2v) is 3.47. The zero-order chi connectivity index (χ0) is 14.3. The number of nitrogens with one attached hydrogen (secondary N) is 2. The van der Waals surface area contributed by atoms with E-state index in [1.54, 1.807) is 0 Å². The summed E-state index contributed by atoms with van der Waals surface area (Å²) in [6.07, 6.45) is 1.23. The SMILES string of the molecule is O=BCN[C@@H](CNc1ncccc1[N+](=O)[O-])C(=O)O. The van der Waals surface area contributed by atoms with Gasteiger partial charge in [-0.3, -0.25) is 0 Å². The van der Waals surface area contributed by atoms with Gasteiger partial charge in [-0.05, 0) is 0 Å². The maximum absolute atomic E-state index is 10.9. The van der Waals surface area contributed by atoms with E-state index in [9.17, 15) is 19.6 Å². The molecule has 0 spiro atoms. The Hall–Kier alpha value is -2.36. The van der Waals surface area contributed by atoms with Crippen molar-refractivity contribution in [2.75, 3.05) is 18.3 Å². The zero-order valence-corrected chi connectivity index (χ0v) is 9.78. The first kappa shape index (κ1) is 14.7. The van der Waals surface area contributed by atoms with Gasteiger partial charge >= 0.3 is 107 Å². The number of hydrogen-bond donors (Lipinski definition) is 3. The molecule has 1 rings (SSSR count). The molecule has 19 heavy (non-hydrogen) atoms. The van der Waals surface area contributed by atoms with Gasteiger partial charge in [-0.2, -0.15) is 0 Å². The van der Waals surface area contributed by atoms with E-state index in [0.29, 0.717) is 7.15 Å². The third kappa shape index (κ3) is 4.43. The first-order valence-electron chi connectivity index (χ1n) is 5.29. The number of hydrogen-bond acceptors (Lipinski definition) is 7. The number of rotatable bonds is 8. The Morgan fingerprint density at radius 3 is 2.95 bits per heavy atom. The molecule has 1 atom stereocenters. The summed E-state index contributed by atoms with van der Waals surface area (Å²) >= 11 is 0.